The molecule has 0 aliphatic carbocycles. The van der Waals surface area contributed by atoms with Crippen molar-refractivity contribution < 1.29 is 24.9 Å². The minimum absolute atomic E-state index is 0.105. The van der Waals surface area contributed by atoms with Crippen molar-refractivity contribution >= 4 is 5.78 Å². The Bertz CT molecular complexity index is 736. The lowest BCUT2D eigenvalue weighted by molar-refractivity contribution is 0.0856. The summed E-state index contributed by atoms with van der Waals surface area (Å²) < 4.78 is 5.52. The van der Waals surface area contributed by atoms with Gasteiger partial charge in [0.2, 0.25) is 5.78 Å². The summed E-state index contributed by atoms with van der Waals surface area (Å²) in [5, 5.41) is 28.7. The molecular weight excluding hydrogens is 272 g/mol. The number of carbonyl (C=O) groups excluding carboxylic acids is 1. The molecule has 5 heteroatoms. The Morgan fingerprint density at radius 1 is 1.10 bits per heavy atom. The van der Waals surface area contributed by atoms with Gasteiger partial charge in [0, 0.05) is 18.6 Å². The Morgan fingerprint density at radius 2 is 1.86 bits per heavy atom. The molecule has 5 nitrogen and oxygen atoms in total. The highest BCUT2D eigenvalue weighted by Crippen LogP contribution is 2.39. The molecule has 1 aliphatic heterocycles. The van der Waals surface area contributed by atoms with E-state index in [1.165, 1.54) is 6.07 Å². The second-order valence-corrected chi connectivity index (χ2v) is 5.13. The molecule has 0 saturated heterocycles. The number of benzene rings is 2. The van der Waals surface area contributed by atoms with Crippen molar-refractivity contribution in [2.24, 2.45) is 0 Å². The average Bonchev–Trinajstić information content (AvgIpc) is 2.70. The fourth-order valence-electron chi connectivity index (χ4n) is 2.49. The number of fused-ring (bicyclic) bond motifs is 1. The molecule has 3 rings (SSSR count). The summed E-state index contributed by atoms with van der Waals surface area (Å²) in [5.41, 5.74) is 1.67. The quantitative estimate of drug-likeness (QED) is 0.788. The molecular formula is C16H14O5. The van der Waals surface area contributed by atoms with Gasteiger partial charge in [0.15, 0.2) is 6.10 Å². The molecule has 2 aromatic rings. The Kier molecular flexibility index (Phi) is 2.97. The Labute approximate surface area is 121 Å². The van der Waals surface area contributed by atoms with Crippen LogP contribution in [0.2, 0.25) is 0 Å². The molecule has 0 spiro atoms. The van der Waals surface area contributed by atoms with Crippen LogP contribution in [0.1, 0.15) is 21.5 Å². The van der Waals surface area contributed by atoms with Crippen LogP contribution in [0.4, 0.5) is 0 Å². The summed E-state index contributed by atoms with van der Waals surface area (Å²) in [6.45, 7) is 1.77. The summed E-state index contributed by atoms with van der Waals surface area (Å²) in [4.78, 5) is 12.3. The van der Waals surface area contributed by atoms with Crippen LogP contribution in [-0.2, 0) is 6.42 Å². The van der Waals surface area contributed by atoms with Gasteiger partial charge < -0.3 is 20.1 Å². The molecule has 3 N–H and O–H groups in total. The second kappa shape index (κ2) is 4.70. The lowest BCUT2D eigenvalue weighted by Crippen LogP contribution is -2.23. The van der Waals surface area contributed by atoms with E-state index in [2.05, 4.69) is 0 Å². The number of hydrogen-bond donors (Lipinski definition) is 3. The first kappa shape index (κ1) is 13.3. The van der Waals surface area contributed by atoms with E-state index in [4.69, 9.17) is 4.74 Å². The number of rotatable bonds is 2. The number of aromatic hydroxyl groups is 3. The van der Waals surface area contributed by atoms with Gasteiger partial charge in [-0.3, -0.25) is 4.79 Å². The van der Waals surface area contributed by atoms with Gasteiger partial charge in [-0.25, -0.2) is 0 Å². The molecule has 1 aliphatic rings. The van der Waals surface area contributed by atoms with E-state index < -0.39 is 6.10 Å². The molecule has 1 unspecified atom stereocenters. The highest BCUT2D eigenvalue weighted by Gasteiger charge is 2.35. The lowest BCUT2D eigenvalue weighted by atomic mass is 10.00. The molecule has 0 radical (unpaired) electrons. The number of carbonyl (C=O) groups is 1. The molecule has 2 aromatic carbocycles. The van der Waals surface area contributed by atoms with Gasteiger partial charge in [0.05, 0.1) is 0 Å². The van der Waals surface area contributed by atoms with Crippen LogP contribution in [0.3, 0.4) is 0 Å². The zero-order chi connectivity index (χ0) is 15.1. The van der Waals surface area contributed by atoms with Gasteiger partial charge in [-0.1, -0.05) is 12.1 Å². The summed E-state index contributed by atoms with van der Waals surface area (Å²) in [6.07, 6.45) is -0.411. The number of aryl methyl sites for hydroxylation is 1. The summed E-state index contributed by atoms with van der Waals surface area (Å²) in [5.74, 6) is -0.353. The normalized spacial score (nSPS) is 16.6. The third-order valence-electron chi connectivity index (χ3n) is 3.56. The van der Waals surface area contributed by atoms with Gasteiger partial charge in [-0.15, -0.1) is 0 Å². The third kappa shape index (κ3) is 2.27. The summed E-state index contributed by atoms with van der Waals surface area (Å²) in [7, 11) is 0. The Balaban J connectivity index is 1.88. The molecule has 0 fully saturated rings. The zero-order valence-electron chi connectivity index (χ0n) is 11.3. The standard InChI is InChI=1S/C16H14O5/c1-8-4-9(2-3-11(8)18)5-14-16(20)15-12(19)6-10(17)7-13(15)21-14/h2-4,6-7,14,17-19H,5H2,1H3. The monoisotopic (exact) mass is 286 g/mol. The van der Waals surface area contributed by atoms with Crippen LogP contribution in [-0.4, -0.2) is 27.2 Å². The summed E-state index contributed by atoms with van der Waals surface area (Å²) >= 11 is 0. The molecule has 0 aromatic heterocycles. The maximum atomic E-state index is 12.3. The first-order valence-electron chi connectivity index (χ1n) is 6.51. The van der Waals surface area contributed by atoms with Crippen LogP contribution in [0, 0.1) is 6.92 Å². The second-order valence-electron chi connectivity index (χ2n) is 5.13. The SMILES string of the molecule is Cc1cc(CC2Oc3cc(O)cc(O)c3C2=O)ccc1O. The van der Waals surface area contributed by atoms with E-state index >= 15 is 0 Å². The van der Waals surface area contributed by atoms with Crippen LogP contribution in [0.15, 0.2) is 30.3 Å². The van der Waals surface area contributed by atoms with Gasteiger partial charge >= 0.3 is 0 Å². The van der Waals surface area contributed by atoms with Crippen molar-refractivity contribution in [1.29, 1.82) is 0 Å². The van der Waals surface area contributed by atoms with Crippen molar-refractivity contribution in [2.45, 2.75) is 19.4 Å². The molecule has 0 bridgehead atoms. The highest BCUT2D eigenvalue weighted by molar-refractivity contribution is 6.07. The van der Waals surface area contributed by atoms with Crippen molar-refractivity contribution in [1.82, 2.24) is 0 Å². The number of phenols is 3. The van der Waals surface area contributed by atoms with Crippen molar-refractivity contribution in [3.05, 3.63) is 47.0 Å². The Hall–Kier alpha value is -2.69. The number of Topliss-reactive ketones (excluding diaryl/α,β-unsaturated/α-hetero) is 1. The van der Waals surface area contributed by atoms with Gasteiger partial charge in [0.25, 0.3) is 0 Å². The van der Waals surface area contributed by atoms with E-state index in [1.807, 2.05) is 0 Å². The van der Waals surface area contributed by atoms with Crippen LogP contribution in [0.25, 0.3) is 0 Å². The minimum atomic E-state index is -0.739. The number of ether oxygens (including phenoxy) is 1. The van der Waals surface area contributed by atoms with Gasteiger partial charge in [0.1, 0.15) is 28.6 Å². The first-order chi connectivity index (χ1) is 9.95. The number of phenolic OH excluding ortho intramolecular Hbond substituents is 3. The fraction of sp³-hybridized carbons (Fsp3) is 0.188. The third-order valence-corrected chi connectivity index (χ3v) is 3.56. The van der Waals surface area contributed by atoms with E-state index in [1.54, 1.807) is 25.1 Å². The molecule has 0 saturated carbocycles. The molecule has 0 amide bonds. The van der Waals surface area contributed by atoms with Crippen LogP contribution < -0.4 is 4.74 Å². The van der Waals surface area contributed by atoms with Crippen molar-refractivity contribution in [2.75, 3.05) is 0 Å². The predicted octanol–water partition coefficient (Wildman–Crippen LogP) is 2.30. The average molecular weight is 286 g/mol. The summed E-state index contributed by atoms with van der Waals surface area (Å²) in [6, 6.07) is 7.51. The molecule has 1 heterocycles. The van der Waals surface area contributed by atoms with E-state index in [-0.39, 0.29) is 34.3 Å². The highest BCUT2D eigenvalue weighted by atomic mass is 16.5. The topological polar surface area (TPSA) is 87.0 Å². The Morgan fingerprint density at radius 3 is 2.57 bits per heavy atom. The van der Waals surface area contributed by atoms with Crippen LogP contribution in [0.5, 0.6) is 23.0 Å². The minimum Gasteiger partial charge on any atom is -0.508 e. The van der Waals surface area contributed by atoms with E-state index in [0.717, 1.165) is 17.2 Å². The van der Waals surface area contributed by atoms with E-state index in [0.29, 0.717) is 6.42 Å². The maximum Gasteiger partial charge on any atom is 0.211 e. The molecule has 21 heavy (non-hydrogen) atoms. The largest absolute Gasteiger partial charge is 0.508 e. The zero-order valence-corrected chi connectivity index (χ0v) is 11.3. The van der Waals surface area contributed by atoms with Gasteiger partial charge in [-0.05, 0) is 24.1 Å². The predicted molar refractivity (Wildman–Crippen MR) is 75.1 cm³/mol. The van der Waals surface area contributed by atoms with Crippen molar-refractivity contribution in [3.63, 3.8) is 0 Å². The first-order valence-corrected chi connectivity index (χ1v) is 6.51. The van der Waals surface area contributed by atoms with Crippen LogP contribution >= 0.6 is 0 Å². The van der Waals surface area contributed by atoms with Gasteiger partial charge in [-0.2, -0.15) is 0 Å². The van der Waals surface area contributed by atoms with E-state index in [9.17, 15) is 20.1 Å². The molecule has 108 valence electrons. The fourth-order valence-corrected chi connectivity index (χ4v) is 2.49. The maximum absolute atomic E-state index is 12.3. The number of ketones is 1. The molecule has 1 atom stereocenters. The smallest absolute Gasteiger partial charge is 0.211 e. The van der Waals surface area contributed by atoms with Crippen molar-refractivity contribution in [3.8, 4) is 23.0 Å². The number of hydrogen-bond acceptors (Lipinski definition) is 5. The lowest BCUT2D eigenvalue weighted by Gasteiger charge is -2.10.